The lowest BCUT2D eigenvalue weighted by Gasteiger charge is -2.05. The molecule has 0 unspecified atom stereocenters. The molecule has 3 nitrogen and oxygen atoms in total. The molecule has 0 aliphatic carbocycles. The van der Waals surface area contributed by atoms with Crippen LogP contribution in [0.1, 0.15) is 10.4 Å². The van der Waals surface area contributed by atoms with Gasteiger partial charge < -0.3 is 10.1 Å². The lowest BCUT2D eigenvalue weighted by Crippen LogP contribution is -2.22. The van der Waals surface area contributed by atoms with Crippen LogP contribution >= 0.6 is 11.6 Å². The van der Waals surface area contributed by atoms with E-state index in [0.717, 1.165) is 0 Å². The molecule has 0 saturated carbocycles. The van der Waals surface area contributed by atoms with Crippen LogP contribution in [0.2, 0.25) is 5.02 Å². The number of halogens is 1. The number of Topliss-reactive ketones (excluding diaryl/α,β-unsaturated/α-hetero) is 1. The molecule has 0 bridgehead atoms. The van der Waals surface area contributed by atoms with E-state index in [0.29, 0.717) is 22.9 Å². The van der Waals surface area contributed by atoms with E-state index in [1.165, 1.54) is 7.11 Å². The fourth-order valence-corrected chi connectivity index (χ4v) is 1.49. The van der Waals surface area contributed by atoms with E-state index < -0.39 is 0 Å². The normalized spacial score (nSPS) is 9.88. The Morgan fingerprint density at radius 2 is 2.38 bits per heavy atom. The van der Waals surface area contributed by atoms with Crippen molar-refractivity contribution in [2.75, 3.05) is 20.2 Å². The van der Waals surface area contributed by atoms with Crippen molar-refractivity contribution in [3.05, 3.63) is 41.4 Å². The van der Waals surface area contributed by atoms with E-state index in [1.807, 2.05) is 0 Å². The van der Waals surface area contributed by atoms with Gasteiger partial charge in [0.05, 0.1) is 18.7 Å². The van der Waals surface area contributed by atoms with Crippen LogP contribution in [0.4, 0.5) is 0 Å². The highest BCUT2D eigenvalue weighted by atomic mass is 35.5. The van der Waals surface area contributed by atoms with Gasteiger partial charge in [0.1, 0.15) is 5.75 Å². The van der Waals surface area contributed by atoms with Crippen molar-refractivity contribution in [2.24, 2.45) is 0 Å². The third-order valence-electron chi connectivity index (χ3n) is 2.05. The number of ketones is 1. The Bertz CT molecular complexity index is 391. The number of nitrogens with one attached hydrogen (secondary N) is 1. The fourth-order valence-electron chi connectivity index (χ4n) is 1.23. The minimum atomic E-state index is -0.00796. The smallest absolute Gasteiger partial charge is 0.176 e. The summed E-state index contributed by atoms with van der Waals surface area (Å²) in [6, 6.07) is 4.99. The second kappa shape index (κ2) is 6.30. The van der Waals surface area contributed by atoms with Crippen LogP contribution in [-0.4, -0.2) is 26.0 Å². The summed E-state index contributed by atoms with van der Waals surface area (Å²) in [5.41, 5.74) is 0.572. The van der Waals surface area contributed by atoms with Gasteiger partial charge in [-0.25, -0.2) is 0 Å². The third-order valence-corrected chi connectivity index (χ3v) is 2.34. The van der Waals surface area contributed by atoms with Crippen LogP contribution in [0, 0.1) is 0 Å². The Kier molecular flexibility index (Phi) is 5.02. The Morgan fingerprint density at radius 3 is 2.94 bits per heavy atom. The number of methoxy groups -OCH3 is 1. The lowest BCUT2D eigenvalue weighted by atomic mass is 10.1. The first-order valence-corrected chi connectivity index (χ1v) is 5.25. The van der Waals surface area contributed by atoms with E-state index in [-0.39, 0.29) is 12.3 Å². The molecule has 1 aromatic carbocycles. The third kappa shape index (κ3) is 3.36. The summed E-state index contributed by atoms with van der Waals surface area (Å²) in [7, 11) is 1.54. The molecule has 0 atom stereocenters. The van der Waals surface area contributed by atoms with Crippen molar-refractivity contribution in [3.8, 4) is 5.75 Å². The highest BCUT2D eigenvalue weighted by Gasteiger charge is 2.08. The molecule has 0 saturated heterocycles. The maximum absolute atomic E-state index is 11.7. The number of hydrogen-bond donors (Lipinski definition) is 1. The Labute approximate surface area is 100 Å². The van der Waals surface area contributed by atoms with Crippen molar-refractivity contribution in [3.63, 3.8) is 0 Å². The molecule has 0 spiro atoms. The first kappa shape index (κ1) is 12.7. The molecule has 0 fully saturated rings. The first-order chi connectivity index (χ1) is 7.69. The summed E-state index contributed by atoms with van der Waals surface area (Å²) < 4.78 is 5.01. The van der Waals surface area contributed by atoms with Crippen molar-refractivity contribution in [2.45, 2.75) is 0 Å². The Hall–Kier alpha value is -1.32. The number of ether oxygens (including phenoxy) is 1. The van der Waals surface area contributed by atoms with Gasteiger partial charge in [0.25, 0.3) is 0 Å². The maximum atomic E-state index is 11.7. The summed E-state index contributed by atoms with van der Waals surface area (Å²) in [5, 5.41) is 3.38. The van der Waals surface area contributed by atoms with Gasteiger partial charge in [-0.05, 0) is 18.2 Å². The van der Waals surface area contributed by atoms with E-state index in [2.05, 4.69) is 11.9 Å². The second-order valence-corrected chi connectivity index (χ2v) is 3.60. The molecule has 86 valence electrons. The molecule has 1 N–H and O–H groups in total. The molecule has 1 rings (SSSR count). The predicted octanol–water partition coefficient (Wildman–Crippen LogP) is 2.31. The zero-order chi connectivity index (χ0) is 12.0. The highest BCUT2D eigenvalue weighted by Crippen LogP contribution is 2.24. The van der Waals surface area contributed by atoms with Crippen LogP contribution in [0.3, 0.4) is 0 Å². The number of benzene rings is 1. The molecule has 0 aliphatic heterocycles. The Morgan fingerprint density at radius 1 is 1.62 bits per heavy atom. The van der Waals surface area contributed by atoms with Gasteiger partial charge in [0.15, 0.2) is 5.78 Å². The minimum absolute atomic E-state index is 0.00796. The minimum Gasteiger partial charge on any atom is -0.495 e. The standard InChI is InChI=1S/C12H14ClNO2/c1-3-6-14-8-11(15)9-4-5-12(16-2)10(13)7-9/h3-5,7,14H,1,6,8H2,2H3. The molecular weight excluding hydrogens is 226 g/mol. The van der Waals surface area contributed by atoms with Crippen LogP contribution in [0.25, 0.3) is 0 Å². The van der Waals surface area contributed by atoms with Gasteiger partial charge >= 0.3 is 0 Å². The van der Waals surface area contributed by atoms with E-state index >= 15 is 0 Å². The summed E-state index contributed by atoms with van der Waals surface area (Å²) in [4.78, 5) is 11.7. The molecule has 16 heavy (non-hydrogen) atoms. The number of hydrogen-bond acceptors (Lipinski definition) is 3. The van der Waals surface area contributed by atoms with Crippen LogP contribution in [0.5, 0.6) is 5.75 Å². The number of rotatable bonds is 6. The van der Waals surface area contributed by atoms with Crippen LogP contribution < -0.4 is 10.1 Å². The SMILES string of the molecule is C=CCNCC(=O)c1ccc(OC)c(Cl)c1. The summed E-state index contributed by atoms with van der Waals surface area (Å²) in [5.74, 6) is 0.559. The monoisotopic (exact) mass is 239 g/mol. The van der Waals surface area contributed by atoms with Crippen molar-refractivity contribution in [1.82, 2.24) is 5.32 Å². The number of carbonyl (C=O) groups is 1. The van der Waals surface area contributed by atoms with Gasteiger partial charge in [0, 0.05) is 12.1 Å². The first-order valence-electron chi connectivity index (χ1n) is 4.87. The maximum Gasteiger partial charge on any atom is 0.176 e. The second-order valence-electron chi connectivity index (χ2n) is 3.19. The average Bonchev–Trinajstić information content (AvgIpc) is 2.29. The van der Waals surface area contributed by atoms with E-state index in [4.69, 9.17) is 16.3 Å². The van der Waals surface area contributed by atoms with Crippen LogP contribution in [0.15, 0.2) is 30.9 Å². The molecule has 0 aromatic heterocycles. The van der Waals surface area contributed by atoms with E-state index in [1.54, 1.807) is 24.3 Å². The van der Waals surface area contributed by atoms with Crippen molar-refractivity contribution >= 4 is 17.4 Å². The zero-order valence-corrected chi connectivity index (χ0v) is 9.88. The highest BCUT2D eigenvalue weighted by molar-refractivity contribution is 6.32. The van der Waals surface area contributed by atoms with Crippen molar-refractivity contribution < 1.29 is 9.53 Å². The number of carbonyl (C=O) groups excluding carboxylic acids is 1. The van der Waals surface area contributed by atoms with Gasteiger partial charge in [-0.3, -0.25) is 4.79 Å². The molecule has 0 amide bonds. The lowest BCUT2D eigenvalue weighted by molar-refractivity contribution is 0.0992. The van der Waals surface area contributed by atoms with Gasteiger partial charge in [-0.2, -0.15) is 0 Å². The topological polar surface area (TPSA) is 38.3 Å². The summed E-state index contributed by atoms with van der Waals surface area (Å²) >= 11 is 5.92. The quantitative estimate of drug-likeness (QED) is 0.470. The molecule has 0 aliphatic rings. The summed E-state index contributed by atoms with van der Waals surface area (Å²) in [6.45, 7) is 4.43. The molecular formula is C12H14ClNO2. The van der Waals surface area contributed by atoms with Gasteiger partial charge in [0.2, 0.25) is 0 Å². The molecule has 0 radical (unpaired) electrons. The summed E-state index contributed by atoms with van der Waals surface area (Å²) in [6.07, 6.45) is 1.70. The fraction of sp³-hybridized carbons (Fsp3) is 0.250. The van der Waals surface area contributed by atoms with Crippen LogP contribution in [-0.2, 0) is 0 Å². The molecule has 4 heteroatoms. The van der Waals surface area contributed by atoms with Gasteiger partial charge in [-0.1, -0.05) is 17.7 Å². The molecule has 0 heterocycles. The van der Waals surface area contributed by atoms with Crippen molar-refractivity contribution in [1.29, 1.82) is 0 Å². The Balaban J connectivity index is 2.69. The predicted molar refractivity (Wildman–Crippen MR) is 65.4 cm³/mol. The van der Waals surface area contributed by atoms with Gasteiger partial charge in [-0.15, -0.1) is 6.58 Å². The largest absolute Gasteiger partial charge is 0.495 e. The van der Waals surface area contributed by atoms with E-state index in [9.17, 15) is 4.79 Å². The molecule has 1 aromatic rings. The zero-order valence-electron chi connectivity index (χ0n) is 9.13. The average molecular weight is 240 g/mol.